The fourth-order valence-electron chi connectivity index (χ4n) is 9.82. The molecule has 0 radical (unpaired) electrons. The maximum Gasteiger partial charge on any atom is 0.160 e. The van der Waals surface area contributed by atoms with Crippen LogP contribution in [0.1, 0.15) is 25.0 Å². The zero-order valence-corrected chi connectivity index (χ0v) is 33.7. The van der Waals surface area contributed by atoms with Crippen molar-refractivity contribution in [2.24, 2.45) is 0 Å². The Morgan fingerprint density at radius 1 is 0.450 bits per heavy atom. The summed E-state index contributed by atoms with van der Waals surface area (Å²) < 4.78 is 11.4. The van der Waals surface area contributed by atoms with Gasteiger partial charge in [-0.25, -0.2) is 9.97 Å². The van der Waals surface area contributed by atoms with Crippen molar-refractivity contribution in [1.82, 2.24) is 14.5 Å². The van der Waals surface area contributed by atoms with E-state index in [0.717, 1.165) is 50.3 Å². The molecule has 4 nitrogen and oxygen atoms in total. The van der Waals surface area contributed by atoms with Gasteiger partial charge in [0, 0.05) is 69.5 Å². The summed E-state index contributed by atoms with van der Waals surface area (Å²) in [5.74, 6) is 0.716. The predicted molar refractivity (Wildman–Crippen MR) is 250 cm³/mol. The highest BCUT2D eigenvalue weighted by Gasteiger charge is 2.37. The van der Waals surface area contributed by atoms with E-state index in [1.54, 1.807) is 0 Å². The van der Waals surface area contributed by atoms with Crippen LogP contribution in [0.15, 0.2) is 180 Å². The second-order valence-corrected chi connectivity index (χ2v) is 17.7. The van der Waals surface area contributed by atoms with Gasteiger partial charge in [0.1, 0.15) is 11.2 Å². The summed E-state index contributed by atoms with van der Waals surface area (Å²) in [6, 6.07) is 63.3. The number of thiophene rings is 1. The topological polar surface area (TPSA) is 43.9 Å². The molecular weight excluding hydrogens is 751 g/mol. The summed E-state index contributed by atoms with van der Waals surface area (Å²) in [6.07, 6.45) is 0. The predicted octanol–water partition coefficient (Wildman–Crippen LogP) is 15.1. The van der Waals surface area contributed by atoms with E-state index in [0.29, 0.717) is 5.82 Å². The first-order valence-corrected chi connectivity index (χ1v) is 21.3. The van der Waals surface area contributed by atoms with Gasteiger partial charge >= 0.3 is 0 Å². The SMILES string of the molecule is CC1(C)c2cc3oc4ccccc4c3cc2-c2cc3c4ccccc4n(-c4ccc5sc6ccc(-c7nc(-c8ccccc8)cc(-c8ccccc8)n7)cc6c5c4)c3cc21. The van der Waals surface area contributed by atoms with E-state index < -0.39 is 0 Å². The Morgan fingerprint density at radius 2 is 1.07 bits per heavy atom. The standard InChI is InChI=1S/C55H35N3OS/c1-55(2)44-29-49-40(27-38(44)39-28-41-37-18-10-12-20-50(37)59-51(41)30-45(39)55)36-17-9-11-19-48(36)58(49)35-22-24-53-43(26-35)42-25-34(21-23-52(42)60-53)54-56-46(32-13-5-3-6-14-32)31-47(57-54)33-15-7-4-8-16-33/h3-31H,1-2H3. The van der Waals surface area contributed by atoms with Crippen LogP contribution < -0.4 is 0 Å². The molecule has 0 bridgehead atoms. The first-order chi connectivity index (χ1) is 29.5. The quantitative estimate of drug-likeness (QED) is 0.178. The molecule has 4 aromatic heterocycles. The monoisotopic (exact) mass is 785 g/mol. The Balaban J connectivity index is 0.991. The average molecular weight is 786 g/mol. The van der Waals surface area contributed by atoms with Crippen molar-refractivity contribution in [3.63, 3.8) is 0 Å². The molecular formula is C55H35N3OS. The van der Waals surface area contributed by atoms with Crippen LogP contribution in [-0.2, 0) is 5.41 Å². The number of furan rings is 1. The van der Waals surface area contributed by atoms with Crippen molar-refractivity contribution >= 4 is 75.3 Å². The van der Waals surface area contributed by atoms with Crippen molar-refractivity contribution in [2.45, 2.75) is 19.3 Å². The molecule has 0 amide bonds. The van der Waals surface area contributed by atoms with E-state index in [2.05, 4.69) is 176 Å². The highest BCUT2D eigenvalue weighted by Crippen LogP contribution is 2.53. The highest BCUT2D eigenvalue weighted by molar-refractivity contribution is 7.25. The Kier molecular flexibility index (Phi) is 6.91. The minimum atomic E-state index is -0.211. The molecule has 0 saturated heterocycles. The van der Waals surface area contributed by atoms with Gasteiger partial charge in [-0.3, -0.25) is 0 Å². The van der Waals surface area contributed by atoms with E-state index in [1.165, 1.54) is 69.6 Å². The van der Waals surface area contributed by atoms with Crippen LogP contribution in [0.3, 0.4) is 0 Å². The van der Waals surface area contributed by atoms with Gasteiger partial charge in [0.15, 0.2) is 5.82 Å². The summed E-state index contributed by atoms with van der Waals surface area (Å²) in [5.41, 5.74) is 15.4. The van der Waals surface area contributed by atoms with E-state index in [4.69, 9.17) is 14.4 Å². The number of para-hydroxylation sites is 2. The second kappa shape index (κ2) is 12.3. The molecule has 0 fully saturated rings. The third-order valence-electron chi connectivity index (χ3n) is 12.8. The lowest BCUT2D eigenvalue weighted by Crippen LogP contribution is -2.15. The van der Waals surface area contributed by atoms with E-state index in [1.807, 2.05) is 29.5 Å². The number of benzene rings is 8. The van der Waals surface area contributed by atoms with Crippen LogP contribution in [0.4, 0.5) is 0 Å². The molecule has 0 aliphatic heterocycles. The summed E-state index contributed by atoms with van der Waals surface area (Å²) >= 11 is 1.83. The normalized spacial score (nSPS) is 13.3. The van der Waals surface area contributed by atoms with Crippen LogP contribution in [-0.4, -0.2) is 14.5 Å². The van der Waals surface area contributed by atoms with E-state index >= 15 is 0 Å². The molecule has 4 heterocycles. The molecule has 282 valence electrons. The molecule has 8 aromatic carbocycles. The zero-order chi connectivity index (χ0) is 39.7. The number of hydrogen-bond donors (Lipinski definition) is 0. The first-order valence-electron chi connectivity index (χ1n) is 20.5. The summed E-state index contributed by atoms with van der Waals surface area (Å²) in [5, 5.41) is 7.27. The molecule has 60 heavy (non-hydrogen) atoms. The van der Waals surface area contributed by atoms with Gasteiger partial charge in [-0.15, -0.1) is 11.3 Å². The summed E-state index contributed by atoms with van der Waals surface area (Å²) in [7, 11) is 0. The van der Waals surface area contributed by atoms with Gasteiger partial charge in [-0.2, -0.15) is 0 Å². The van der Waals surface area contributed by atoms with Crippen molar-refractivity contribution in [3.05, 3.63) is 187 Å². The lowest BCUT2D eigenvalue weighted by Gasteiger charge is -2.21. The number of fused-ring (bicyclic) bond motifs is 12. The molecule has 0 N–H and O–H groups in total. The minimum Gasteiger partial charge on any atom is -0.456 e. The molecule has 5 heteroatoms. The smallest absolute Gasteiger partial charge is 0.160 e. The fourth-order valence-corrected chi connectivity index (χ4v) is 10.9. The maximum absolute atomic E-state index is 6.40. The molecule has 1 aliphatic carbocycles. The van der Waals surface area contributed by atoms with Crippen LogP contribution in [0.2, 0.25) is 0 Å². The minimum absolute atomic E-state index is 0.211. The number of rotatable bonds is 4. The molecule has 0 unspecified atom stereocenters. The van der Waals surface area contributed by atoms with Crippen molar-refractivity contribution < 1.29 is 4.42 Å². The molecule has 1 aliphatic rings. The van der Waals surface area contributed by atoms with Crippen LogP contribution >= 0.6 is 11.3 Å². The Bertz CT molecular complexity index is 3680. The Morgan fingerprint density at radius 3 is 1.82 bits per heavy atom. The van der Waals surface area contributed by atoms with Gasteiger partial charge in [0.2, 0.25) is 0 Å². The van der Waals surface area contributed by atoms with Gasteiger partial charge in [-0.1, -0.05) is 111 Å². The average Bonchev–Trinajstić information content (AvgIpc) is 4.01. The van der Waals surface area contributed by atoms with E-state index in [9.17, 15) is 0 Å². The lowest BCUT2D eigenvalue weighted by molar-refractivity contribution is 0.647. The lowest BCUT2D eigenvalue weighted by atomic mass is 9.82. The molecule has 0 saturated carbocycles. The fraction of sp³-hybridized carbons (Fsp3) is 0.0545. The van der Waals surface area contributed by atoms with Gasteiger partial charge in [0.25, 0.3) is 0 Å². The number of hydrogen-bond acceptors (Lipinski definition) is 4. The third-order valence-corrected chi connectivity index (χ3v) is 14.0. The molecule has 0 atom stereocenters. The van der Waals surface area contributed by atoms with Crippen molar-refractivity contribution in [2.75, 3.05) is 0 Å². The Labute approximate surface area is 349 Å². The van der Waals surface area contributed by atoms with Crippen molar-refractivity contribution in [1.29, 1.82) is 0 Å². The molecule has 13 rings (SSSR count). The number of aromatic nitrogens is 3. The zero-order valence-electron chi connectivity index (χ0n) is 32.9. The summed E-state index contributed by atoms with van der Waals surface area (Å²) in [6.45, 7) is 4.71. The molecule has 0 spiro atoms. The molecule has 12 aromatic rings. The largest absolute Gasteiger partial charge is 0.456 e. The highest BCUT2D eigenvalue weighted by atomic mass is 32.1. The van der Waals surface area contributed by atoms with Gasteiger partial charge < -0.3 is 8.98 Å². The van der Waals surface area contributed by atoms with Gasteiger partial charge in [0.05, 0.1) is 22.4 Å². The van der Waals surface area contributed by atoms with Crippen LogP contribution in [0.5, 0.6) is 0 Å². The van der Waals surface area contributed by atoms with Crippen LogP contribution in [0.25, 0.3) is 115 Å². The maximum atomic E-state index is 6.40. The van der Waals surface area contributed by atoms with Gasteiger partial charge in [-0.05, 0) is 101 Å². The first kappa shape index (κ1) is 33.6. The van der Waals surface area contributed by atoms with E-state index in [-0.39, 0.29) is 5.41 Å². The van der Waals surface area contributed by atoms with Crippen molar-refractivity contribution in [3.8, 4) is 50.7 Å². The second-order valence-electron chi connectivity index (χ2n) is 16.6. The number of nitrogens with zero attached hydrogens (tertiary/aromatic N) is 3. The Hall–Kier alpha value is -7.34. The summed E-state index contributed by atoms with van der Waals surface area (Å²) in [4.78, 5) is 10.3. The third kappa shape index (κ3) is 4.84. The van der Waals surface area contributed by atoms with Crippen LogP contribution in [0, 0.1) is 0 Å².